The highest BCUT2D eigenvalue weighted by Crippen LogP contribution is 2.63. The Morgan fingerprint density at radius 2 is 0.836 bits per heavy atom. The highest BCUT2D eigenvalue weighted by atomic mass is 32.1. The zero-order valence-corrected chi connectivity index (χ0v) is 33.5. The topological polar surface area (TPSA) is 47.9 Å². The summed E-state index contributed by atoms with van der Waals surface area (Å²) in [7, 11) is 0. The van der Waals surface area contributed by atoms with Crippen LogP contribution in [0.15, 0.2) is 200 Å². The number of para-hydroxylation sites is 2. The van der Waals surface area contributed by atoms with Gasteiger partial charge in [0.2, 0.25) is 0 Å². The molecule has 5 heteroatoms. The van der Waals surface area contributed by atoms with Gasteiger partial charge in [-0.25, -0.2) is 15.0 Å². The summed E-state index contributed by atoms with van der Waals surface area (Å²) < 4.78 is 9.03. The molecule has 1 spiro atoms. The molecule has 3 heterocycles. The van der Waals surface area contributed by atoms with Crippen LogP contribution in [-0.2, 0) is 5.41 Å². The van der Waals surface area contributed by atoms with Crippen molar-refractivity contribution in [1.82, 2.24) is 15.0 Å². The number of hydrogen-bond donors (Lipinski definition) is 0. The Morgan fingerprint density at radius 1 is 0.344 bits per heavy atom. The number of aromatic nitrogens is 3. The van der Waals surface area contributed by atoms with Crippen LogP contribution in [0.2, 0.25) is 0 Å². The van der Waals surface area contributed by atoms with Crippen molar-refractivity contribution >= 4 is 42.3 Å². The van der Waals surface area contributed by atoms with Gasteiger partial charge in [0.1, 0.15) is 11.5 Å². The predicted molar refractivity (Wildman–Crippen MR) is 249 cm³/mol. The van der Waals surface area contributed by atoms with Crippen LogP contribution in [0.4, 0.5) is 0 Å². The van der Waals surface area contributed by atoms with Crippen molar-refractivity contribution in [3.8, 4) is 67.9 Å². The summed E-state index contributed by atoms with van der Waals surface area (Å²) in [6, 6.07) is 71.1. The van der Waals surface area contributed by atoms with Crippen molar-refractivity contribution < 1.29 is 4.74 Å². The first-order chi connectivity index (χ1) is 30.3. The van der Waals surface area contributed by atoms with Gasteiger partial charge in [-0.15, -0.1) is 11.3 Å². The fraction of sp³-hybridized carbons (Fsp3) is 0.0179. The maximum Gasteiger partial charge on any atom is 0.165 e. The molecule has 0 bridgehead atoms. The van der Waals surface area contributed by atoms with Crippen LogP contribution < -0.4 is 4.74 Å². The predicted octanol–water partition coefficient (Wildman–Crippen LogP) is 14.5. The van der Waals surface area contributed by atoms with Crippen LogP contribution in [0.1, 0.15) is 22.3 Å². The van der Waals surface area contributed by atoms with E-state index in [0.29, 0.717) is 17.5 Å². The normalized spacial score (nSPS) is 13.2. The van der Waals surface area contributed by atoms with E-state index in [1.807, 2.05) is 0 Å². The monoisotopic (exact) mass is 795 g/mol. The van der Waals surface area contributed by atoms with E-state index in [4.69, 9.17) is 19.7 Å². The van der Waals surface area contributed by atoms with Crippen molar-refractivity contribution in [2.24, 2.45) is 0 Å². The minimum atomic E-state index is -0.615. The van der Waals surface area contributed by atoms with Crippen molar-refractivity contribution in [3.05, 3.63) is 222 Å². The number of fused-ring (bicyclic) bond motifs is 13. The molecule has 4 nitrogen and oxygen atoms in total. The van der Waals surface area contributed by atoms with Crippen molar-refractivity contribution in [3.63, 3.8) is 0 Å². The molecule has 2 aliphatic rings. The smallest absolute Gasteiger partial charge is 0.165 e. The second-order valence-electron chi connectivity index (χ2n) is 15.8. The summed E-state index contributed by atoms with van der Waals surface area (Å²) in [5.41, 5.74) is 11.4. The molecule has 0 radical (unpaired) electrons. The lowest BCUT2D eigenvalue weighted by Gasteiger charge is -2.39. The van der Waals surface area contributed by atoms with Crippen LogP contribution >= 0.6 is 11.3 Å². The van der Waals surface area contributed by atoms with Crippen LogP contribution in [0.25, 0.3) is 87.4 Å². The molecule has 0 saturated heterocycles. The number of benzene rings is 9. The maximum absolute atomic E-state index is 6.64. The second-order valence-corrected chi connectivity index (χ2v) is 16.8. The average Bonchev–Trinajstić information content (AvgIpc) is 3.86. The third-order valence-electron chi connectivity index (χ3n) is 12.6. The third kappa shape index (κ3) is 4.90. The first-order valence-corrected chi connectivity index (χ1v) is 21.4. The van der Waals surface area contributed by atoms with E-state index in [0.717, 1.165) is 66.3 Å². The zero-order chi connectivity index (χ0) is 40.1. The summed E-state index contributed by atoms with van der Waals surface area (Å²) in [6.07, 6.45) is 0. The summed E-state index contributed by atoms with van der Waals surface area (Å²) in [6.45, 7) is 0. The second kappa shape index (κ2) is 13.1. The van der Waals surface area contributed by atoms with Crippen molar-refractivity contribution in [1.29, 1.82) is 0 Å². The maximum atomic E-state index is 6.64. The minimum Gasteiger partial charge on any atom is -0.457 e. The molecule has 1 aliphatic carbocycles. The number of thiophene rings is 1. The fourth-order valence-corrected chi connectivity index (χ4v) is 11.3. The largest absolute Gasteiger partial charge is 0.457 e. The highest BCUT2D eigenvalue weighted by molar-refractivity contribution is 7.26. The molecule has 0 N–H and O–H groups in total. The Morgan fingerprint density at radius 3 is 1.64 bits per heavy atom. The molecule has 61 heavy (non-hydrogen) atoms. The van der Waals surface area contributed by atoms with E-state index in [9.17, 15) is 0 Å². The van der Waals surface area contributed by atoms with E-state index in [1.165, 1.54) is 37.4 Å². The molecule has 0 atom stereocenters. The number of nitrogens with zero attached hydrogens (tertiary/aromatic N) is 3. The fourth-order valence-electron chi connectivity index (χ4n) is 10.1. The molecule has 13 rings (SSSR count). The van der Waals surface area contributed by atoms with Gasteiger partial charge in [0.05, 0.1) is 5.41 Å². The van der Waals surface area contributed by atoms with Gasteiger partial charge in [-0.2, -0.15) is 0 Å². The molecule has 11 aromatic rings. The Labute approximate surface area is 356 Å². The number of hydrogen-bond acceptors (Lipinski definition) is 5. The third-order valence-corrected chi connectivity index (χ3v) is 13.9. The Kier molecular flexibility index (Phi) is 7.36. The number of ether oxygens (including phenoxy) is 1. The molecule has 2 aromatic heterocycles. The van der Waals surface area contributed by atoms with Gasteiger partial charge in [0.15, 0.2) is 17.5 Å². The van der Waals surface area contributed by atoms with E-state index in [2.05, 4.69) is 200 Å². The molecular weight excluding hydrogens is 763 g/mol. The quantitative estimate of drug-likeness (QED) is 0.178. The first-order valence-electron chi connectivity index (χ1n) is 20.6. The average molecular weight is 796 g/mol. The standard InChI is InChI=1S/C56H33N3OS/c1-2-18-35-34(16-1)17-13-23-36(35)37-19-3-4-21-40(37)53-57-54(59-55(58-53)43-26-14-24-39-38-20-6-12-33-50(38)61-52(39)43)42-25-15-30-47-51(42)41-22-5-7-27-44(41)56(47)45-28-8-10-31-48(45)60-49-32-11-9-29-46(49)56/h1-33H. The summed E-state index contributed by atoms with van der Waals surface area (Å²) in [4.78, 5) is 16.5. The Bertz CT molecular complexity index is 3550. The molecule has 284 valence electrons. The SMILES string of the molecule is c1ccc2c(c1)Oc1ccccc1C21c2ccccc2-c2c(-c3nc(-c4ccccc4-c4cccc5ccccc45)nc(-c4cccc5c4sc4ccccc45)n3)cccc21. The lowest BCUT2D eigenvalue weighted by Crippen LogP contribution is -2.32. The number of rotatable bonds is 4. The molecule has 0 amide bonds. The van der Waals surface area contributed by atoms with Crippen LogP contribution in [-0.4, -0.2) is 15.0 Å². The van der Waals surface area contributed by atoms with Gasteiger partial charge in [0, 0.05) is 48.0 Å². The molecule has 1 aliphatic heterocycles. The Balaban J connectivity index is 1.12. The summed E-state index contributed by atoms with van der Waals surface area (Å²) in [5.74, 6) is 3.62. The van der Waals surface area contributed by atoms with Gasteiger partial charge in [-0.05, 0) is 68.4 Å². The first kappa shape index (κ1) is 34.2. The van der Waals surface area contributed by atoms with Gasteiger partial charge >= 0.3 is 0 Å². The van der Waals surface area contributed by atoms with E-state index in [-0.39, 0.29) is 0 Å². The summed E-state index contributed by atoms with van der Waals surface area (Å²) >= 11 is 1.79. The highest BCUT2D eigenvalue weighted by Gasteiger charge is 2.51. The molecule has 0 saturated carbocycles. The molecule has 0 unspecified atom stereocenters. The summed E-state index contributed by atoms with van der Waals surface area (Å²) in [5, 5.41) is 4.81. The van der Waals surface area contributed by atoms with Gasteiger partial charge in [0.25, 0.3) is 0 Å². The molecular formula is C56H33N3OS. The molecule has 0 fully saturated rings. The lowest BCUT2D eigenvalue weighted by molar-refractivity contribution is 0.436. The minimum absolute atomic E-state index is 0.615. The van der Waals surface area contributed by atoms with Gasteiger partial charge in [-0.3, -0.25) is 0 Å². The van der Waals surface area contributed by atoms with Crippen molar-refractivity contribution in [2.75, 3.05) is 0 Å². The van der Waals surface area contributed by atoms with E-state index in [1.54, 1.807) is 11.3 Å². The van der Waals surface area contributed by atoms with E-state index >= 15 is 0 Å². The van der Waals surface area contributed by atoms with Crippen LogP contribution in [0, 0.1) is 0 Å². The van der Waals surface area contributed by atoms with E-state index < -0.39 is 5.41 Å². The van der Waals surface area contributed by atoms with Crippen LogP contribution in [0.3, 0.4) is 0 Å². The lowest BCUT2D eigenvalue weighted by atomic mass is 9.66. The molecule has 9 aromatic carbocycles. The van der Waals surface area contributed by atoms with Gasteiger partial charge < -0.3 is 4.74 Å². The van der Waals surface area contributed by atoms with Crippen LogP contribution in [0.5, 0.6) is 11.5 Å². The zero-order valence-electron chi connectivity index (χ0n) is 32.7. The van der Waals surface area contributed by atoms with Crippen molar-refractivity contribution in [2.45, 2.75) is 5.41 Å². The van der Waals surface area contributed by atoms with Gasteiger partial charge in [-0.1, -0.05) is 176 Å². The Hall–Kier alpha value is -7.73.